The van der Waals surface area contributed by atoms with Gasteiger partial charge in [-0.1, -0.05) is 39.7 Å². The van der Waals surface area contributed by atoms with Crippen molar-refractivity contribution in [1.82, 2.24) is 4.90 Å². The van der Waals surface area contributed by atoms with Gasteiger partial charge in [0, 0.05) is 28.1 Å². The van der Waals surface area contributed by atoms with Gasteiger partial charge in [0.2, 0.25) is 0 Å². The summed E-state index contributed by atoms with van der Waals surface area (Å²) in [5.41, 5.74) is 1.84. The Kier molecular flexibility index (Phi) is 6.60. The number of hydrogen-bond acceptors (Lipinski definition) is 5. The van der Waals surface area contributed by atoms with E-state index in [0.717, 1.165) is 33.9 Å². The Morgan fingerprint density at radius 3 is 2.72 bits per heavy atom. The van der Waals surface area contributed by atoms with E-state index < -0.39 is 0 Å². The van der Waals surface area contributed by atoms with E-state index in [1.807, 2.05) is 48.5 Å². The number of thioether (sulfide) groups is 1. The second-order valence-electron chi connectivity index (χ2n) is 6.51. The molecule has 8 heteroatoms. The summed E-state index contributed by atoms with van der Waals surface area (Å²) in [7, 11) is 0. The fourth-order valence-electron chi connectivity index (χ4n) is 2.93. The van der Waals surface area contributed by atoms with E-state index in [0.29, 0.717) is 35.5 Å². The molecule has 150 valence electrons. The van der Waals surface area contributed by atoms with Gasteiger partial charge in [0.05, 0.1) is 18.1 Å². The molecule has 0 unspecified atom stereocenters. The van der Waals surface area contributed by atoms with Gasteiger partial charge in [0.1, 0.15) is 12.4 Å². The third-order valence-corrected chi connectivity index (χ3v) is 6.25. The molecule has 0 spiro atoms. The van der Waals surface area contributed by atoms with Crippen LogP contribution in [0.3, 0.4) is 0 Å². The fraction of sp³-hybridized carbons (Fsp3) is 0.238. The molecule has 0 aliphatic carbocycles. The number of morpholine rings is 1. The van der Waals surface area contributed by atoms with Crippen LogP contribution in [0.15, 0.2) is 56.8 Å². The monoisotopic (exact) mass is 492 g/mol. The number of halogens is 2. The van der Waals surface area contributed by atoms with Gasteiger partial charge in [-0.05, 0) is 53.7 Å². The van der Waals surface area contributed by atoms with Crippen molar-refractivity contribution in [1.29, 1.82) is 0 Å². The van der Waals surface area contributed by atoms with Crippen molar-refractivity contribution in [2.24, 2.45) is 4.99 Å². The minimum absolute atomic E-state index is 0.222. The Balaban J connectivity index is 1.51. The van der Waals surface area contributed by atoms with Crippen LogP contribution in [0.2, 0.25) is 5.02 Å². The second-order valence-corrected chi connectivity index (χ2v) is 8.87. The zero-order chi connectivity index (χ0) is 20.2. The number of nitrogens with zero attached hydrogens (tertiary/aromatic N) is 2. The first-order valence-corrected chi connectivity index (χ1v) is 11.1. The van der Waals surface area contributed by atoms with Crippen LogP contribution in [-0.2, 0) is 16.1 Å². The zero-order valence-electron chi connectivity index (χ0n) is 15.4. The lowest BCUT2D eigenvalue weighted by Gasteiger charge is -2.27. The number of ether oxygens (including phenoxy) is 2. The molecule has 0 N–H and O–H groups in total. The standard InChI is InChI=1S/C21H18BrClN2O3S/c22-16-3-6-18(28-13-14-1-4-17(23)5-2-14)15(11-16)12-19-20(26)24-21(29-19)25-7-9-27-10-8-25/h1-6,11-12H,7-10,13H2/b19-12-. The first kappa shape index (κ1) is 20.5. The SMILES string of the molecule is O=C1N=C(N2CCOCC2)S/C1=C\c1cc(Br)ccc1OCc1ccc(Cl)cc1. The molecule has 4 rings (SSSR count). The molecule has 29 heavy (non-hydrogen) atoms. The molecule has 0 bridgehead atoms. The lowest BCUT2D eigenvalue weighted by molar-refractivity contribution is -0.113. The predicted molar refractivity (Wildman–Crippen MR) is 120 cm³/mol. The summed E-state index contributed by atoms with van der Waals surface area (Å²) in [6.07, 6.45) is 1.84. The molecule has 2 aromatic rings. The number of amides is 1. The van der Waals surface area contributed by atoms with E-state index in [1.54, 1.807) is 0 Å². The molecule has 5 nitrogen and oxygen atoms in total. The summed E-state index contributed by atoms with van der Waals surface area (Å²) in [6, 6.07) is 13.3. The Morgan fingerprint density at radius 1 is 1.21 bits per heavy atom. The summed E-state index contributed by atoms with van der Waals surface area (Å²) in [5, 5.41) is 1.43. The minimum atomic E-state index is -0.222. The molecular weight excluding hydrogens is 476 g/mol. The highest BCUT2D eigenvalue weighted by Gasteiger charge is 2.27. The third-order valence-electron chi connectivity index (χ3n) is 4.46. The second kappa shape index (κ2) is 9.34. The fourth-order valence-corrected chi connectivity index (χ4v) is 4.39. The summed E-state index contributed by atoms with van der Waals surface area (Å²) < 4.78 is 12.3. The lowest BCUT2D eigenvalue weighted by atomic mass is 10.2. The number of carbonyl (C=O) groups excluding carboxylic acids is 1. The Bertz CT molecular complexity index is 972. The molecule has 0 radical (unpaired) electrons. The molecule has 2 aromatic carbocycles. The maximum absolute atomic E-state index is 12.4. The summed E-state index contributed by atoms with van der Waals surface area (Å²) in [6.45, 7) is 3.21. The van der Waals surface area contributed by atoms with Gasteiger partial charge in [-0.25, -0.2) is 0 Å². The maximum atomic E-state index is 12.4. The molecule has 0 atom stereocenters. The topological polar surface area (TPSA) is 51.1 Å². The van der Waals surface area contributed by atoms with Gasteiger partial charge in [0.25, 0.3) is 5.91 Å². The quantitative estimate of drug-likeness (QED) is 0.562. The van der Waals surface area contributed by atoms with Crippen molar-refractivity contribution in [3.05, 3.63) is 68.0 Å². The van der Waals surface area contributed by atoms with Crippen LogP contribution in [0.4, 0.5) is 0 Å². The van der Waals surface area contributed by atoms with Gasteiger partial charge in [0.15, 0.2) is 5.17 Å². The first-order valence-electron chi connectivity index (χ1n) is 9.10. The molecule has 2 heterocycles. The Morgan fingerprint density at radius 2 is 1.97 bits per heavy atom. The van der Waals surface area contributed by atoms with Crippen LogP contribution < -0.4 is 4.74 Å². The predicted octanol–water partition coefficient (Wildman–Crippen LogP) is 4.98. The lowest BCUT2D eigenvalue weighted by Crippen LogP contribution is -2.38. The normalized spacial score (nSPS) is 18.3. The van der Waals surface area contributed by atoms with Gasteiger partial charge in [-0.3, -0.25) is 4.79 Å². The van der Waals surface area contributed by atoms with Crippen molar-refractivity contribution < 1.29 is 14.3 Å². The van der Waals surface area contributed by atoms with Crippen LogP contribution in [0, 0.1) is 0 Å². The first-order chi connectivity index (χ1) is 14.1. The Hall–Kier alpha value is -1.80. The molecular formula is C21H18BrClN2O3S. The minimum Gasteiger partial charge on any atom is -0.488 e. The van der Waals surface area contributed by atoms with Crippen molar-refractivity contribution >= 4 is 56.4 Å². The highest BCUT2D eigenvalue weighted by atomic mass is 79.9. The van der Waals surface area contributed by atoms with Gasteiger partial charge >= 0.3 is 0 Å². The zero-order valence-corrected chi connectivity index (χ0v) is 18.6. The summed E-state index contributed by atoms with van der Waals surface area (Å²) >= 11 is 10.8. The highest BCUT2D eigenvalue weighted by molar-refractivity contribution is 9.10. The van der Waals surface area contributed by atoms with E-state index in [1.165, 1.54) is 11.8 Å². The van der Waals surface area contributed by atoms with Crippen molar-refractivity contribution in [2.75, 3.05) is 26.3 Å². The maximum Gasteiger partial charge on any atom is 0.286 e. The van der Waals surface area contributed by atoms with E-state index in [4.69, 9.17) is 21.1 Å². The molecule has 2 aliphatic heterocycles. The van der Waals surface area contributed by atoms with E-state index in [9.17, 15) is 4.79 Å². The van der Waals surface area contributed by atoms with Gasteiger partial charge in [-0.2, -0.15) is 4.99 Å². The number of rotatable bonds is 4. The third kappa shape index (κ3) is 5.22. The average Bonchev–Trinajstić information content (AvgIpc) is 3.10. The van der Waals surface area contributed by atoms with E-state index in [2.05, 4.69) is 25.8 Å². The van der Waals surface area contributed by atoms with Gasteiger partial charge in [-0.15, -0.1) is 0 Å². The van der Waals surface area contributed by atoms with E-state index >= 15 is 0 Å². The van der Waals surface area contributed by atoms with Crippen molar-refractivity contribution in [3.8, 4) is 5.75 Å². The van der Waals surface area contributed by atoms with Crippen LogP contribution in [0.25, 0.3) is 6.08 Å². The van der Waals surface area contributed by atoms with Crippen LogP contribution in [0.5, 0.6) is 5.75 Å². The average molecular weight is 494 g/mol. The number of benzene rings is 2. The molecule has 1 saturated heterocycles. The number of carbonyl (C=O) groups is 1. The van der Waals surface area contributed by atoms with Crippen LogP contribution in [0.1, 0.15) is 11.1 Å². The molecule has 0 aromatic heterocycles. The number of amidine groups is 1. The smallest absolute Gasteiger partial charge is 0.286 e. The Labute approximate surface area is 186 Å². The number of hydrogen-bond donors (Lipinski definition) is 0. The number of aliphatic imine (C=N–C) groups is 1. The largest absolute Gasteiger partial charge is 0.488 e. The molecule has 1 fully saturated rings. The van der Waals surface area contributed by atoms with Crippen molar-refractivity contribution in [2.45, 2.75) is 6.61 Å². The van der Waals surface area contributed by atoms with Gasteiger partial charge < -0.3 is 14.4 Å². The van der Waals surface area contributed by atoms with Crippen LogP contribution in [-0.4, -0.2) is 42.3 Å². The summed E-state index contributed by atoms with van der Waals surface area (Å²) in [4.78, 5) is 19.3. The molecule has 0 saturated carbocycles. The van der Waals surface area contributed by atoms with E-state index in [-0.39, 0.29) is 5.91 Å². The summed E-state index contributed by atoms with van der Waals surface area (Å²) in [5.74, 6) is 0.476. The molecule has 2 aliphatic rings. The van der Waals surface area contributed by atoms with Crippen LogP contribution >= 0.6 is 39.3 Å². The highest BCUT2D eigenvalue weighted by Crippen LogP contribution is 2.34. The molecule has 1 amide bonds. The van der Waals surface area contributed by atoms with Crippen molar-refractivity contribution in [3.63, 3.8) is 0 Å².